The van der Waals surface area contributed by atoms with E-state index in [4.69, 9.17) is 0 Å². The van der Waals surface area contributed by atoms with Gasteiger partial charge in [-0.05, 0) is 24.0 Å². The van der Waals surface area contributed by atoms with Crippen molar-refractivity contribution < 1.29 is 14.7 Å². The number of carboxylic acid groups (broad SMARTS) is 1. The third-order valence-corrected chi connectivity index (χ3v) is 5.24. The van der Waals surface area contributed by atoms with Crippen LogP contribution in [0.25, 0.3) is 11.0 Å². The van der Waals surface area contributed by atoms with Gasteiger partial charge in [-0.2, -0.15) is 0 Å². The number of aryl methyl sites for hydroxylation is 1. The number of carbonyl (C=O) groups excluding carboxylic acids is 1. The van der Waals surface area contributed by atoms with Gasteiger partial charge in [0.15, 0.2) is 0 Å². The van der Waals surface area contributed by atoms with Crippen molar-refractivity contribution in [2.24, 2.45) is 30.7 Å². The zero-order valence-electron chi connectivity index (χ0n) is 13.5. The van der Waals surface area contributed by atoms with E-state index in [1.807, 2.05) is 49.7 Å². The second kappa shape index (κ2) is 5.68. The topological polar surface area (TPSA) is 84.2 Å². The number of rotatable bonds is 4. The number of aromatic nitrogens is 2. The molecule has 4 atom stereocenters. The minimum Gasteiger partial charge on any atom is -0.481 e. The van der Waals surface area contributed by atoms with Gasteiger partial charge in [0, 0.05) is 7.05 Å². The number of hydrogen-bond donors (Lipinski definition) is 2. The molecule has 0 radical (unpaired) electrons. The molecule has 1 amide bonds. The van der Waals surface area contributed by atoms with E-state index in [0.717, 1.165) is 16.9 Å². The van der Waals surface area contributed by atoms with Gasteiger partial charge in [-0.3, -0.25) is 9.59 Å². The molecular weight excluding hydrogens is 294 g/mol. The first-order valence-corrected chi connectivity index (χ1v) is 7.82. The highest BCUT2D eigenvalue weighted by Crippen LogP contribution is 2.45. The van der Waals surface area contributed by atoms with E-state index in [0.29, 0.717) is 6.54 Å². The third-order valence-electron chi connectivity index (χ3n) is 5.24. The summed E-state index contributed by atoms with van der Waals surface area (Å²) in [5.74, 6) is -1.28. The molecule has 1 aromatic heterocycles. The average Bonchev–Trinajstić information content (AvgIpc) is 2.85. The molecule has 0 spiro atoms. The molecular formula is C17H21N3O3. The summed E-state index contributed by atoms with van der Waals surface area (Å²) in [5.41, 5.74) is 1.89. The highest BCUT2D eigenvalue weighted by Gasteiger charge is 2.52. The fourth-order valence-corrected chi connectivity index (χ4v) is 3.58. The summed E-state index contributed by atoms with van der Waals surface area (Å²) in [7, 11) is 1.91. The fourth-order valence-electron chi connectivity index (χ4n) is 3.58. The Labute approximate surface area is 134 Å². The van der Waals surface area contributed by atoms with Gasteiger partial charge < -0.3 is 15.0 Å². The minimum atomic E-state index is -0.890. The van der Waals surface area contributed by atoms with Gasteiger partial charge in [-0.25, -0.2) is 4.98 Å². The molecule has 122 valence electrons. The zero-order chi connectivity index (χ0) is 16.7. The Morgan fingerprint density at radius 3 is 2.52 bits per heavy atom. The van der Waals surface area contributed by atoms with Crippen molar-refractivity contribution in [2.75, 3.05) is 0 Å². The molecule has 0 saturated heterocycles. The van der Waals surface area contributed by atoms with Crippen LogP contribution in [-0.4, -0.2) is 26.5 Å². The number of nitrogens with one attached hydrogen (secondary N) is 1. The fraction of sp³-hybridized carbons (Fsp3) is 0.471. The van der Waals surface area contributed by atoms with Crippen molar-refractivity contribution in [1.82, 2.24) is 14.9 Å². The summed E-state index contributed by atoms with van der Waals surface area (Å²) >= 11 is 0. The smallest absolute Gasteiger partial charge is 0.307 e. The van der Waals surface area contributed by atoms with Gasteiger partial charge in [0.2, 0.25) is 5.91 Å². The van der Waals surface area contributed by atoms with Gasteiger partial charge in [-0.1, -0.05) is 26.0 Å². The Morgan fingerprint density at radius 1 is 1.22 bits per heavy atom. The average molecular weight is 315 g/mol. The van der Waals surface area contributed by atoms with Gasteiger partial charge in [0.05, 0.1) is 29.4 Å². The number of carboxylic acids is 1. The monoisotopic (exact) mass is 315 g/mol. The van der Waals surface area contributed by atoms with E-state index in [1.165, 1.54) is 0 Å². The van der Waals surface area contributed by atoms with Crippen molar-refractivity contribution in [3.8, 4) is 0 Å². The van der Waals surface area contributed by atoms with Gasteiger partial charge in [0.1, 0.15) is 5.82 Å². The molecule has 1 aliphatic rings. The number of nitrogens with zero attached hydrogens (tertiary/aromatic N) is 2. The van der Waals surface area contributed by atoms with Gasteiger partial charge in [0.25, 0.3) is 0 Å². The van der Waals surface area contributed by atoms with Crippen molar-refractivity contribution in [2.45, 2.75) is 20.4 Å². The normalized spacial score (nSPS) is 26.7. The van der Waals surface area contributed by atoms with Crippen LogP contribution in [0.15, 0.2) is 24.3 Å². The van der Waals surface area contributed by atoms with E-state index >= 15 is 0 Å². The predicted octanol–water partition coefficient (Wildman–Crippen LogP) is 1.79. The summed E-state index contributed by atoms with van der Waals surface area (Å²) in [6.45, 7) is 4.12. The number of aliphatic carboxylic acids is 1. The quantitative estimate of drug-likeness (QED) is 0.901. The van der Waals surface area contributed by atoms with Crippen molar-refractivity contribution >= 4 is 22.9 Å². The number of benzene rings is 1. The SMILES string of the molecule is CC1C(C)[C@H](C(=O)NCc2nc3ccccc3n2C)[C@@H]1C(=O)O. The Balaban J connectivity index is 1.71. The second-order valence-electron chi connectivity index (χ2n) is 6.40. The number of imidazole rings is 1. The molecule has 1 aromatic carbocycles. The predicted molar refractivity (Wildman–Crippen MR) is 85.5 cm³/mol. The minimum absolute atomic E-state index is 0.0269. The van der Waals surface area contributed by atoms with E-state index in [9.17, 15) is 14.7 Å². The lowest BCUT2D eigenvalue weighted by Gasteiger charge is -2.45. The van der Waals surface area contributed by atoms with Gasteiger partial charge in [-0.15, -0.1) is 0 Å². The maximum Gasteiger partial charge on any atom is 0.307 e. The van der Waals surface area contributed by atoms with Crippen LogP contribution in [0.5, 0.6) is 0 Å². The van der Waals surface area contributed by atoms with Crippen LogP contribution in [0.3, 0.4) is 0 Å². The number of carbonyl (C=O) groups is 2. The van der Waals surface area contributed by atoms with Crippen LogP contribution in [-0.2, 0) is 23.2 Å². The van der Waals surface area contributed by atoms with E-state index < -0.39 is 17.8 Å². The van der Waals surface area contributed by atoms with Crippen molar-refractivity contribution in [3.05, 3.63) is 30.1 Å². The summed E-state index contributed by atoms with van der Waals surface area (Å²) in [5, 5.41) is 12.1. The molecule has 3 rings (SSSR count). The summed E-state index contributed by atoms with van der Waals surface area (Å²) in [6, 6.07) is 7.77. The van der Waals surface area contributed by atoms with Crippen LogP contribution in [0.4, 0.5) is 0 Å². The maximum atomic E-state index is 12.4. The van der Waals surface area contributed by atoms with Crippen LogP contribution < -0.4 is 5.32 Å². The summed E-state index contributed by atoms with van der Waals surface area (Å²) < 4.78 is 1.94. The Hall–Kier alpha value is -2.37. The first-order chi connectivity index (χ1) is 10.9. The standard InChI is InChI=1S/C17H21N3O3/c1-9-10(2)15(17(22)23)14(9)16(21)18-8-13-19-11-6-4-5-7-12(11)20(13)3/h4-7,9-10,14-15H,8H2,1-3H3,(H,18,21)(H,22,23)/t9?,10?,14-,15+/m0/s1. The first-order valence-electron chi connectivity index (χ1n) is 7.82. The molecule has 1 saturated carbocycles. The molecule has 2 unspecified atom stereocenters. The lowest BCUT2D eigenvalue weighted by Crippen LogP contribution is -2.54. The Morgan fingerprint density at radius 2 is 1.87 bits per heavy atom. The molecule has 6 nitrogen and oxygen atoms in total. The summed E-state index contributed by atoms with van der Waals surface area (Å²) in [4.78, 5) is 28.2. The maximum absolute atomic E-state index is 12.4. The number of fused-ring (bicyclic) bond motifs is 1. The lowest BCUT2D eigenvalue weighted by molar-refractivity contribution is -0.164. The molecule has 2 N–H and O–H groups in total. The second-order valence-corrected chi connectivity index (χ2v) is 6.40. The Bertz CT molecular complexity index is 768. The molecule has 1 fully saturated rings. The van der Waals surface area contributed by atoms with E-state index in [-0.39, 0.29) is 17.7 Å². The van der Waals surface area contributed by atoms with Crippen molar-refractivity contribution in [3.63, 3.8) is 0 Å². The van der Waals surface area contributed by atoms with Crippen LogP contribution >= 0.6 is 0 Å². The Kier molecular flexibility index (Phi) is 3.83. The number of amides is 1. The van der Waals surface area contributed by atoms with Crippen molar-refractivity contribution in [1.29, 1.82) is 0 Å². The van der Waals surface area contributed by atoms with Gasteiger partial charge >= 0.3 is 5.97 Å². The highest BCUT2D eigenvalue weighted by molar-refractivity contribution is 5.87. The van der Waals surface area contributed by atoms with Crippen LogP contribution in [0.1, 0.15) is 19.7 Å². The summed E-state index contributed by atoms with van der Waals surface area (Å²) in [6.07, 6.45) is 0. The molecule has 23 heavy (non-hydrogen) atoms. The number of para-hydroxylation sites is 2. The molecule has 1 heterocycles. The first kappa shape index (κ1) is 15.5. The largest absolute Gasteiger partial charge is 0.481 e. The van der Waals surface area contributed by atoms with E-state index in [2.05, 4.69) is 10.3 Å². The van der Waals surface area contributed by atoms with Crippen LogP contribution in [0, 0.1) is 23.7 Å². The molecule has 1 aliphatic carbocycles. The zero-order valence-corrected chi connectivity index (χ0v) is 13.5. The molecule has 0 bridgehead atoms. The van der Waals surface area contributed by atoms with Crippen LogP contribution in [0.2, 0.25) is 0 Å². The third kappa shape index (κ3) is 2.48. The molecule has 2 aromatic rings. The number of hydrogen-bond acceptors (Lipinski definition) is 3. The lowest BCUT2D eigenvalue weighted by atomic mass is 9.57. The molecule has 0 aliphatic heterocycles. The molecule has 6 heteroatoms. The highest BCUT2D eigenvalue weighted by atomic mass is 16.4. The van der Waals surface area contributed by atoms with E-state index in [1.54, 1.807) is 0 Å².